The lowest BCUT2D eigenvalue weighted by atomic mass is 9.98. The molecule has 3 N–H and O–H groups in total. The summed E-state index contributed by atoms with van der Waals surface area (Å²) in [6.45, 7) is 0.123. The lowest BCUT2D eigenvalue weighted by Gasteiger charge is -2.17. The van der Waals surface area contributed by atoms with Crippen LogP contribution in [0.15, 0.2) is 72.9 Å². The SMILES string of the molecule is O=C(N[C@@H](Cc1c[nH]c2cc(Cl)ccc12)C(=O)O)OCC1c2ccccc2-c2ccccc21. The van der Waals surface area contributed by atoms with Crippen molar-refractivity contribution in [3.63, 3.8) is 0 Å². The minimum absolute atomic E-state index is 0.0928. The van der Waals surface area contributed by atoms with Gasteiger partial charge in [0.25, 0.3) is 0 Å². The molecule has 1 aromatic heterocycles. The number of fused-ring (bicyclic) bond motifs is 4. The van der Waals surface area contributed by atoms with Gasteiger partial charge in [-0.15, -0.1) is 0 Å². The van der Waals surface area contributed by atoms with Crippen molar-refractivity contribution in [2.45, 2.75) is 18.4 Å². The van der Waals surface area contributed by atoms with Gasteiger partial charge in [-0.3, -0.25) is 0 Å². The van der Waals surface area contributed by atoms with Crippen LogP contribution >= 0.6 is 11.6 Å². The Morgan fingerprint density at radius 3 is 2.36 bits per heavy atom. The lowest BCUT2D eigenvalue weighted by Crippen LogP contribution is -2.42. The van der Waals surface area contributed by atoms with Gasteiger partial charge in [0, 0.05) is 34.5 Å². The van der Waals surface area contributed by atoms with E-state index in [-0.39, 0.29) is 18.9 Å². The number of halogens is 1. The lowest BCUT2D eigenvalue weighted by molar-refractivity contribution is -0.139. The molecule has 0 spiro atoms. The molecule has 6 nitrogen and oxygen atoms in total. The van der Waals surface area contributed by atoms with Gasteiger partial charge < -0.3 is 20.1 Å². The number of carboxylic acid groups (broad SMARTS) is 1. The van der Waals surface area contributed by atoms with Crippen molar-refractivity contribution in [1.29, 1.82) is 0 Å². The highest BCUT2D eigenvalue weighted by Gasteiger charge is 2.30. The molecule has 1 aliphatic rings. The second-order valence-electron chi connectivity index (χ2n) is 8.07. The molecule has 1 amide bonds. The molecular weight excluding hydrogens is 440 g/mol. The van der Waals surface area contributed by atoms with Crippen molar-refractivity contribution < 1.29 is 19.4 Å². The summed E-state index contributed by atoms with van der Waals surface area (Å²) in [6.07, 6.45) is 1.09. The van der Waals surface area contributed by atoms with Gasteiger partial charge in [0.1, 0.15) is 12.6 Å². The Labute approximate surface area is 195 Å². The number of ether oxygens (including phenoxy) is 1. The van der Waals surface area contributed by atoms with E-state index in [1.807, 2.05) is 42.5 Å². The maximum absolute atomic E-state index is 12.6. The largest absolute Gasteiger partial charge is 0.480 e. The first-order valence-corrected chi connectivity index (χ1v) is 11.0. The van der Waals surface area contributed by atoms with E-state index in [1.165, 1.54) is 0 Å². The number of carbonyl (C=O) groups is 2. The van der Waals surface area contributed by atoms with Crippen LogP contribution in [0.25, 0.3) is 22.0 Å². The van der Waals surface area contributed by atoms with Gasteiger partial charge in [0.05, 0.1) is 0 Å². The number of nitrogens with one attached hydrogen (secondary N) is 2. The van der Waals surface area contributed by atoms with Gasteiger partial charge in [-0.05, 0) is 39.9 Å². The normalized spacial score (nSPS) is 13.4. The molecule has 1 aliphatic carbocycles. The summed E-state index contributed by atoms with van der Waals surface area (Å²) in [5.74, 6) is -1.23. The number of H-pyrrole nitrogens is 1. The average molecular weight is 461 g/mol. The van der Waals surface area contributed by atoms with E-state index in [0.717, 1.165) is 38.7 Å². The summed E-state index contributed by atoms with van der Waals surface area (Å²) in [6, 6.07) is 20.3. The van der Waals surface area contributed by atoms with Crippen LogP contribution in [0.1, 0.15) is 22.6 Å². The first-order valence-electron chi connectivity index (χ1n) is 10.6. The zero-order valence-electron chi connectivity index (χ0n) is 17.5. The van der Waals surface area contributed by atoms with Crippen LogP contribution in [-0.2, 0) is 16.0 Å². The smallest absolute Gasteiger partial charge is 0.407 e. The number of hydrogen-bond donors (Lipinski definition) is 3. The summed E-state index contributed by atoms with van der Waals surface area (Å²) in [5, 5.41) is 13.6. The number of benzene rings is 3. The highest BCUT2D eigenvalue weighted by molar-refractivity contribution is 6.31. The molecule has 3 aromatic carbocycles. The molecule has 166 valence electrons. The highest BCUT2D eigenvalue weighted by atomic mass is 35.5. The van der Waals surface area contributed by atoms with Crippen molar-refractivity contribution in [2.75, 3.05) is 6.61 Å². The highest BCUT2D eigenvalue weighted by Crippen LogP contribution is 2.44. The number of amides is 1. The molecule has 0 aliphatic heterocycles. The second-order valence-corrected chi connectivity index (χ2v) is 8.51. The fraction of sp³-hybridized carbons (Fsp3) is 0.154. The van der Waals surface area contributed by atoms with Crippen LogP contribution in [0.3, 0.4) is 0 Å². The van der Waals surface area contributed by atoms with Gasteiger partial charge in [-0.25, -0.2) is 9.59 Å². The van der Waals surface area contributed by atoms with E-state index < -0.39 is 18.1 Å². The number of aromatic amines is 1. The molecule has 0 saturated carbocycles. The fourth-order valence-electron chi connectivity index (χ4n) is 4.53. The van der Waals surface area contributed by atoms with E-state index in [2.05, 4.69) is 22.4 Å². The van der Waals surface area contributed by atoms with Crippen molar-refractivity contribution in [1.82, 2.24) is 10.3 Å². The number of aliphatic carboxylic acids is 1. The van der Waals surface area contributed by atoms with Gasteiger partial charge >= 0.3 is 12.1 Å². The number of carbonyl (C=O) groups excluding carboxylic acids is 1. The summed E-state index contributed by atoms with van der Waals surface area (Å²) in [5.41, 5.74) is 6.03. The number of alkyl carbamates (subject to hydrolysis) is 1. The first kappa shape index (κ1) is 21.1. The van der Waals surface area contributed by atoms with Crippen molar-refractivity contribution in [3.8, 4) is 11.1 Å². The minimum atomic E-state index is -1.13. The number of aromatic nitrogens is 1. The first-order chi connectivity index (χ1) is 16.0. The summed E-state index contributed by atoms with van der Waals surface area (Å²) in [4.78, 5) is 27.5. The van der Waals surface area contributed by atoms with E-state index in [1.54, 1.807) is 18.3 Å². The molecule has 1 atom stereocenters. The van der Waals surface area contributed by atoms with Gasteiger partial charge in [0.2, 0.25) is 0 Å². The van der Waals surface area contributed by atoms with Gasteiger partial charge in [0.15, 0.2) is 0 Å². The third kappa shape index (κ3) is 4.05. The van der Waals surface area contributed by atoms with Crippen LogP contribution in [0, 0.1) is 0 Å². The third-order valence-electron chi connectivity index (χ3n) is 6.09. The summed E-state index contributed by atoms with van der Waals surface area (Å²) >= 11 is 6.02. The van der Waals surface area contributed by atoms with Crippen molar-refractivity contribution in [3.05, 3.63) is 94.6 Å². The maximum atomic E-state index is 12.6. The van der Waals surface area contributed by atoms with Crippen LogP contribution in [-0.4, -0.2) is 34.8 Å². The van der Waals surface area contributed by atoms with E-state index in [4.69, 9.17) is 16.3 Å². The molecule has 0 saturated heterocycles. The molecule has 1 heterocycles. The number of rotatable bonds is 6. The number of carboxylic acids is 1. The number of hydrogen-bond acceptors (Lipinski definition) is 3. The maximum Gasteiger partial charge on any atom is 0.407 e. The molecule has 0 bridgehead atoms. The van der Waals surface area contributed by atoms with Crippen LogP contribution < -0.4 is 5.32 Å². The Balaban J connectivity index is 1.28. The third-order valence-corrected chi connectivity index (χ3v) is 6.32. The Bertz CT molecular complexity index is 1320. The molecule has 4 aromatic rings. The average Bonchev–Trinajstić information content (AvgIpc) is 3.35. The second kappa shape index (κ2) is 8.64. The van der Waals surface area contributed by atoms with Crippen LogP contribution in [0.5, 0.6) is 0 Å². The van der Waals surface area contributed by atoms with Crippen molar-refractivity contribution in [2.24, 2.45) is 0 Å². The molecule has 0 fully saturated rings. The van der Waals surface area contributed by atoms with Gasteiger partial charge in [-0.2, -0.15) is 0 Å². The monoisotopic (exact) mass is 460 g/mol. The predicted molar refractivity (Wildman–Crippen MR) is 127 cm³/mol. The summed E-state index contributed by atoms with van der Waals surface area (Å²) in [7, 11) is 0. The minimum Gasteiger partial charge on any atom is -0.480 e. The van der Waals surface area contributed by atoms with E-state index in [0.29, 0.717) is 5.02 Å². The van der Waals surface area contributed by atoms with E-state index >= 15 is 0 Å². The Kier molecular flexibility index (Phi) is 5.52. The molecule has 33 heavy (non-hydrogen) atoms. The Morgan fingerprint density at radius 2 is 1.70 bits per heavy atom. The standard InChI is InChI=1S/C26H21ClN2O4/c27-16-9-10-17-15(13-28-23(17)12-16)11-24(25(30)31)29-26(32)33-14-22-20-7-3-1-5-18(20)19-6-2-4-8-21(19)22/h1-10,12-13,22,24,28H,11,14H2,(H,29,32)(H,30,31)/t24-/m0/s1. The molecule has 0 unspecified atom stereocenters. The Morgan fingerprint density at radius 1 is 1.03 bits per heavy atom. The predicted octanol–water partition coefficient (Wildman–Crippen LogP) is 5.36. The Hall–Kier alpha value is -3.77. The zero-order valence-corrected chi connectivity index (χ0v) is 18.3. The van der Waals surface area contributed by atoms with E-state index in [9.17, 15) is 14.7 Å². The van der Waals surface area contributed by atoms with Gasteiger partial charge in [-0.1, -0.05) is 66.2 Å². The molecular formula is C26H21ClN2O4. The quantitative estimate of drug-likeness (QED) is 0.361. The van der Waals surface area contributed by atoms with Crippen LogP contribution in [0.4, 0.5) is 4.79 Å². The van der Waals surface area contributed by atoms with Crippen molar-refractivity contribution >= 4 is 34.6 Å². The summed E-state index contributed by atoms with van der Waals surface area (Å²) < 4.78 is 5.50. The molecule has 5 rings (SSSR count). The topological polar surface area (TPSA) is 91.4 Å². The van der Waals surface area contributed by atoms with Crippen LogP contribution in [0.2, 0.25) is 5.02 Å². The molecule has 0 radical (unpaired) electrons. The zero-order chi connectivity index (χ0) is 22.9. The molecule has 7 heteroatoms. The fourth-order valence-corrected chi connectivity index (χ4v) is 4.70.